The van der Waals surface area contributed by atoms with Crippen LogP contribution in [0, 0.1) is 0 Å². The van der Waals surface area contributed by atoms with E-state index >= 15 is 0 Å². The van der Waals surface area contributed by atoms with Gasteiger partial charge in [0.25, 0.3) is 0 Å². The fourth-order valence-electron chi connectivity index (χ4n) is 2.74. The number of ether oxygens (including phenoxy) is 1. The molecular weight excluding hydrogens is 288 g/mol. The predicted molar refractivity (Wildman–Crippen MR) is 82.3 cm³/mol. The number of nitrogen functional groups attached to an aromatic ring is 1. The predicted octanol–water partition coefficient (Wildman–Crippen LogP) is 1.63. The van der Waals surface area contributed by atoms with E-state index in [1.54, 1.807) is 7.11 Å². The zero-order valence-electron chi connectivity index (χ0n) is 11.9. The lowest BCUT2D eigenvalue weighted by atomic mass is 9.94. The minimum atomic E-state index is 0.0428. The molecule has 0 aromatic carbocycles. The Balaban J connectivity index is 1.79. The standard InChI is InChI=1S/C14H18N4O2S/c1-20-8-12(19)18-6-2-3-9(7-18)10-4-5-11-13(16-10)17-14(15)21-11/h4-5,9H,2-3,6-8H2,1H3,(H2,15,16,17)/t9-/m1/s1. The number of aromatic nitrogens is 2. The van der Waals surface area contributed by atoms with Crippen molar-refractivity contribution in [1.82, 2.24) is 14.9 Å². The van der Waals surface area contributed by atoms with E-state index in [4.69, 9.17) is 10.5 Å². The summed E-state index contributed by atoms with van der Waals surface area (Å²) < 4.78 is 5.93. The van der Waals surface area contributed by atoms with E-state index in [9.17, 15) is 4.79 Å². The third kappa shape index (κ3) is 2.98. The topological polar surface area (TPSA) is 81.3 Å². The molecule has 7 heteroatoms. The van der Waals surface area contributed by atoms with Crippen molar-refractivity contribution in [3.63, 3.8) is 0 Å². The summed E-state index contributed by atoms with van der Waals surface area (Å²) >= 11 is 1.44. The van der Waals surface area contributed by atoms with E-state index < -0.39 is 0 Å². The van der Waals surface area contributed by atoms with Gasteiger partial charge >= 0.3 is 0 Å². The zero-order valence-corrected chi connectivity index (χ0v) is 12.7. The SMILES string of the molecule is COCC(=O)N1CCC[C@@H](c2ccc3sc(N)nc3n2)C1. The maximum Gasteiger partial charge on any atom is 0.248 e. The third-order valence-corrected chi connectivity index (χ3v) is 4.59. The first-order valence-electron chi connectivity index (χ1n) is 6.97. The summed E-state index contributed by atoms with van der Waals surface area (Å²) in [5.41, 5.74) is 7.41. The smallest absolute Gasteiger partial charge is 0.248 e. The lowest BCUT2D eigenvalue weighted by Gasteiger charge is -2.32. The van der Waals surface area contributed by atoms with Gasteiger partial charge in [-0.3, -0.25) is 4.79 Å². The van der Waals surface area contributed by atoms with Gasteiger partial charge in [-0.15, -0.1) is 0 Å². The number of fused-ring (bicyclic) bond motifs is 1. The third-order valence-electron chi connectivity index (χ3n) is 3.75. The Morgan fingerprint density at radius 3 is 3.19 bits per heavy atom. The lowest BCUT2D eigenvalue weighted by Crippen LogP contribution is -2.41. The Morgan fingerprint density at radius 2 is 2.38 bits per heavy atom. The second-order valence-electron chi connectivity index (χ2n) is 5.22. The minimum absolute atomic E-state index is 0.0428. The second kappa shape index (κ2) is 5.95. The molecule has 21 heavy (non-hydrogen) atoms. The highest BCUT2D eigenvalue weighted by molar-refractivity contribution is 7.21. The highest BCUT2D eigenvalue weighted by Gasteiger charge is 2.25. The Labute approximate surface area is 126 Å². The second-order valence-corrected chi connectivity index (χ2v) is 6.28. The van der Waals surface area contributed by atoms with Crippen molar-refractivity contribution >= 4 is 32.7 Å². The van der Waals surface area contributed by atoms with Crippen molar-refractivity contribution in [3.8, 4) is 0 Å². The van der Waals surface area contributed by atoms with Gasteiger partial charge in [-0.25, -0.2) is 9.97 Å². The van der Waals surface area contributed by atoms with Crippen molar-refractivity contribution in [3.05, 3.63) is 17.8 Å². The molecule has 2 aromatic heterocycles. The summed E-state index contributed by atoms with van der Waals surface area (Å²) in [6.45, 7) is 1.63. The quantitative estimate of drug-likeness (QED) is 0.932. The number of amides is 1. The van der Waals surface area contributed by atoms with Gasteiger partial charge < -0.3 is 15.4 Å². The summed E-state index contributed by atoms with van der Waals surface area (Å²) in [4.78, 5) is 22.7. The van der Waals surface area contributed by atoms with Gasteiger partial charge in [-0.05, 0) is 25.0 Å². The van der Waals surface area contributed by atoms with Crippen LogP contribution in [-0.2, 0) is 9.53 Å². The molecule has 2 aromatic rings. The normalized spacial score (nSPS) is 19.1. The van der Waals surface area contributed by atoms with Gasteiger partial charge in [0, 0.05) is 31.8 Å². The number of carbonyl (C=O) groups is 1. The first kappa shape index (κ1) is 14.2. The average molecular weight is 306 g/mol. The van der Waals surface area contributed by atoms with E-state index in [1.807, 2.05) is 17.0 Å². The molecule has 2 N–H and O–H groups in total. The molecule has 0 saturated carbocycles. The molecule has 0 aliphatic carbocycles. The van der Waals surface area contributed by atoms with Crippen LogP contribution in [0.3, 0.4) is 0 Å². The molecule has 1 aliphatic rings. The van der Waals surface area contributed by atoms with Crippen molar-refractivity contribution in [2.75, 3.05) is 32.5 Å². The highest BCUT2D eigenvalue weighted by atomic mass is 32.1. The first-order valence-corrected chi connectivity index (χ1v) is 7.78. The molecule has 0 bridgehead atoms. The van der Waals surface area contributed by atoms with Gasteiger partial charge in [0.05, 0.1) is 4.70 Å². The lowest BCUT2D eigenvalue weighted by molar-refractivity contribution is -0.136. The Hall–Kier alpha value is -1.73. The monoisotopic (exact) mass is 306 g/mol. The summed E-state index contributed by atoms with van der Waals surface area (Å²) in [5, 5.41) is 0.537. The number of pyridine rings is 1. The number of anilines is 1. The van der Waals surface area contributed by atoms with Crippen LogP contribution in [0.25, 0.3) is 10.3 Å². The van der Waals surface area contributed by atoms with Crippen molar-refractivity contribution in [2.24, 2.45) is 0 Å². The van der Waals surface area contributed by atoms with Crippen molar-refractivity contribution in [2.45, 2.75) is 18.8 Å². The number of hydrogen-bond acceptors (Lipinski definition) is 6. The number of hydrogen-bond donors (Lipinski definition) is 1. The van der Waals surface area contributed by atoms with Crippen LogP contribution >= 0.6 is 11.3 Å². The van der Waals surface area contributed by atoms with Gasteiger partial charge in [-0.1, -0.05) is 11.3 Å². The van der Waals surface area contributed by atoms with E-state index in [0.717, 1.165) is 29.8 Å². The van der Waals surface area contributed by atoms with Crippen LogP contribution in [0.1, 0.15) is 24.5 Å². The van der Waals surface area contributed by atoms with Gasteiger partial charge in [0.15, 0.2) is 10.8 Å². The van der Waals surface area contributed by atoms with Gasteiger partial charge in [-0.2, -0.15) is 0 Å². The molecule has 1 aliphatic heterocycles. The number of nitrogens with zero attached hydrogens (tertiary/aromatic N) is 3. The van der Waals surface area contributed by atoms with Crippen LogP contribution in [0.15, 0.2) is 12.1 Å². The average Bonchev–Trinajstić information content (AvgIpc) is 2.86. The molecule has 3 rings (SSSR count). The number of piperidine rings is 1. The van der Waals surface area contributed by atoms with E-state index in [1.165, 1.54) is 11.3 Å². The molecule has 0 spiro atoms. The molecule has 3 heterocycles. The first-order chi connectivity index (χ1) is 10.2. The van der Waals surface area contributed by atoms with Crippen molar-refractivity contribution in [1.29, 1.82) is 0 Å². The molecule has 0 unspecified atom stereocenters. The molecule has 1 amide bonds. The maximum atomic E-state index is 11.9. The number of carbonyl (C=O) groups excluding carboxylic acids is 1. The zero-order chi connectivity index (χ0) is 14.8. The number of methoxy groups -OCH3 is 1. The Kier molecular flexibility index (Phi) is 4.03. The van der Waals surface area contributed by atoms with Crippen LogP contribution in [0.4, 0.5) is 5.13 Å². The molecular formula is C14H18N4O2S. The fraction of sp³-hybridized carbons (Fsp3) is 0.500. The van der Waals surface area contributed by atoms with Gasteiger partial charge in [0.2, 0.25) is 5.91 Å². The molecule has 1 saturated heterocycles. The van der Waals surface area contributed by atoms with E-state index in [0.29, 0.717) is 17.3 Å². The Bertz CT molecular complexity index is 657. The largest absolute Gasteiger partial charge is 0.375 e. The van der Waals surface area contributed by atoms with Crippen LogP contribution < -0.4 is 5.73 Å². The molecule has 1 atom stereocenters. The number of thiazole rings is 1. The van der Waals surface area contributed by atoms with Crippen LogP contribution in [0.2, 0.25) is 0 Å². The summed E-state index contributed by atoms with van der Waals surface area (Å²) in [6, 6.07) is 4.04. The highest BCUT2D eigenvalue weighted by Crippen LogP contribution is 2.29. The Morgan fingerprint density at radius 1 is 1.52 bits per heavy atom. The minimum Gasteiger partial charge on any atom is -0.375 e. The molecule has 112 valence electrons. The molecule has 1 fully saturated rings. The summed E-state index contributed by atoms with van der Waals surface area (Å²) in [5.74, 6) is 0.299. The van der Waals surface area contributed by atoms with Crippen molar-refractivity contribution < 1.29 is 9.53 Å². The fourth-order valence-corrected chi connectivity index (χ4v) is 3.41. The summed E-state index contributed by atoms with van der Waals surface area (Å²) in [6.07, 6.45) is 2.02. The molecule has 0 radical (unpaired) electrons. The number of likely N-dealkylation sites (tertiary alicyclic amines) is 1. The van der Waals surface area contributed by atoms with Crippen LogP contribution in [0.5, 0.6) is 0 Å². The van der Waals surface area contributed by atoms with E-state index in [2.05, 4.69) is 9.97 Å². The molecule has 6 nitrogen and oxygen atoms in total. The van der Waals surface area contributed by atoms with Crippen LogP contribution in [-0.4, -0.2) is 47.6 Å². The maximum absolute atomic E-state index is 11.9. The van der Waals surface area contributed by atoms with E-state index in [-0.39, 0.29) is 18.4 Å². The number of nitrogens with two attached hydrogens (primary N) is 1. The number of rotatable bonds is 3. The van der Waals surface area contributed by atoms with Gasteiger partial charge in [0.1, 0.15) is 6.61 Å². The summed E-state index contributed by atoms with van der Waals surface area (Å²) in [7, 11) is 1.54.